The third kappa shape index (κ3) is 5.03. The number of pyridine rings is 1. The van der Waals surface area contributed by atoms with E-state index in [2.05, 4.69) is 231 Å². The van der Waals surface area contributed by atoms with Crippen molar-refractivity contribution in [2.45, 2.75) is 12.8 Å². The average Bonchev–Trinajstić information content (AvgIpc) is 4.07. The molecule has 1 aliphatic carbocycles. The fourth-order valence-electron chi connectivity index (χ4n) is 10.8. The summed E-state index contributed by atoms with van der Waals surface area (Å²) in [4.78, 5) is 5.77. The molecule has 5 heterocycles. The Bertz CT molecular complexity index is 4120. The molecule has 5 aromatic heterocycles. The van der Waals surface area contributed by atoms with E-state index in [4.69, 9.17) is 4.98 Å². The van der Waals surface area contributed by atoms with Gasteiger partial charge in [-0.2, -0.15) is 0 Å². The van der Waals surface area contributed by atoms with E-state index >= 15 is 0 Å². The number of allylic oxidation sites excluding steroid dienone is 4. The van der Waals surface area contributed by atoms with Crippen LogP contribution in [0.4, 0.5) is 0 Å². The minimum absolute atomic E-state index is 0.864. The van der Waals surface area contributed by atoms with Gasteiger partial charge in [0.05, 0.1) is 44.1 Å². The SMILES string of the molecule is C1=CC(n2c3ccccc3c3cc4c5ccccc5n(-c5cc(-c6ccccc6)cc(-n6c7ccccc7c7cc8c9ccccc9n(-c9ccccc9)c8cc76)n5)c4cc32)=CCC1. The molecule has 300 valence electrons. The first-order chi connectivity index (χ1) is 31.8. The molecule has 0 atom stereocenters. The van der Waals surface area contributed by atoms with Crippen LogP contribution in [0, 0.1) is 0 Å². The van der Waals surface area contributed by atoms with Gasteiger partial charge in [0.1, 0.15) is 11.6 Å². The fraction of sp³-hybridized carbons (Fsp3) is 0.0339. The maximum atomic E-state index is 5.77. The molecule has 0 aliphatic heterocycles. The Kier molecular flexibility index (Phi) is 7.45. The number of hydrogen-bond acceptors (Lipinski definition) is 1. The fourth-order valence-corrected chi connectivity index (χ4v) is 10.8. The van der Waals surface area contributed by atoms with Crippen molar-refractivity contribution in [3.8, 4) is 28.5 Å². The van der Waals surface area contributed by atoms with E-state index in [0.29, 0.717) is 0 Å². The van der Waals surface area contributed by atoms with Crippen LogP contribution in [0.5, 0.6) is 0 Å². The van der Waals surface area contributed by atoms with E-state index in [1.807, 2.05) is 0 Å². The van der Waals surface area contributed by atoms with Crippen molar-refractivity contribution in [1.29, 1.82) is 0 Å². The van der Waals surface area contributed by atoms with Gasteiger partial charge in [-0.1, -0.05) is 133 Å². The second-order valence-electron chi connectivity index (χ2n) is 17.1. The first-order valence-corrected chi connectivity index (χ1v) is 22.2. The van der Waals surface area contributed by atoms with Gasteiger partial charge in [0.15, 0.2) is 0 Å². The Hall–Kier alpha value is -8.41. The van der Waals surface area contributed by atoms with Crippen molar-refractivity contribution in [2.75, 3.05) is 0 Å². The third-order valence-electron chi connectivity index (χ3n) is 13.5. The molecule has 0 fully saturated rings. The van der Waals surface area contributed by atoms with E-state index < -0.39 is 0 Å². The molecule has 64 heavy (non-hydrogen) atoms. The van der Waals surface area contributed by atoms with E-state index in [1.165, 1.54) is 65.3 Å². The maximum absolute atomic E-state index is 5.77. The number of para-hydroxylation sites is 5. The molecule has 5 heteroatoms. The monoisotopic (exact) mass is 817 g/mol. The summed E-state index contributed by atoms with van der Waals surface area (Å²) in [5, 5.41) is 9.79. The Morgan fingerprint density at radius 3 is 1.23 bits per heavy atom. The van der Waals surface area contributed by atoms with E-state index in [1.54, 1.807) is 0 Å². The van der Waals surface area contributed by atoms with Crippen molar-refractivity contribution in [2.24, 2.45) is 0 Å². The number of aromatic nitrogens is 5. The van der Waals surface area contributed by atoms with Crippen molar-refractivity contribution < 1.29 is 0 Å². The summed E-state index contributed by atoms with van der Waals surface area (Å²) in [7, 11) is 0. The molecular weight excluding hydrogens is 779 g/mol. The molecule has 0 saturated heterocycles. The first kappa shape index (κ1) is 35.2. The van der Waals surface area contributed by atoms with Gasteiger partial charge in [-0.05, 0) is 103 Å². The van der Waals surface area contributed by atoms with Gasteiger partial charge >= 0.3 is 0 Å². The van der Waals surface area contributed by atoms with Gasteiger partial charge in [-0.25, -0.2) is 4.98 Å². The zero-order chi connectivity index (χ0) is 41.9. The summed E-state index contributed by atoms with van der Waals surface area (Å²) in [6, 6.07) is 70.8. The number of fused-ring (bicyclic) bond motifs is 12. The number of benzene rings is 8. The smallest absolute Gasteiger partial charge is 0.140 e. The minimum Gasteiger partial charge on any atom is -0.310 e. The normalized spacial score (nSPS) is 13.2. The molecule has 0 amide bonds. The second kappa shape index (κ2) is 13.5. The molecule has 0 spiro atoms. The summed E-state index contributed by atoms with van der Waals surface area (Å²) in [6.45, 7) is 0. The second-order valence-corrected chi connectivity index (χ2v) is 17.1. The molecule has 0 N–H and O–H groups in total. The van der Waals surface area contributed by atoms with Crippen molar-refractivity contribution in [3.05, 3.63) is 212 Å². The van der Waals surface area contributed by atoms with Gasteiger partial charge in [-0.3, -0.25) is 9.13 Å². The average molecular weight is 818 g/mol. The zero-order valence-electron chi connectivity index (χ0n) is 34.9. The summed E-state index contributed by atoms with van der Waals surface area (Å²) in [5.41, 5.74) is 13.8. The topological polar surface area (TPSA) is 32.6 Å². The van der Waals surface area contributed by atoms with Crippen LogP contribution in [0.1, 0.15) is 12.8 Å². The van der Waals surface area contributed by atoms with Gasteiger partial charge < -0.3 is 9.13 Å². The van der Waals surface area contributed by atoms with E-state index in [9.17, 15) is 0 Å². The van der Waals surface area contributed by atoms with E-state index in [-0.39, 0.29) is 0 Å². The summed E-state index contributed by atoms with van der Waals surface area (Å²) >= 11 is 0. The lowest BCUT2D eigenvalue weighted by atomic mass is 10.1. The molecule has 0 radical (unpaired) electrons. The number of hydrogen-bond donors (Lipinski definition) is 0. The molecule has 1 aliphatic rings. The van der Waals surface area contributed by atoms with Crippen LogP contribution in [0.3, 0.4) is 0 Å². The highest BCUT2D eigenvalue weighted by Gasteiger charge is 2.23. The highest BCUT2D eigenvalue weighted by molar-refractivity contribution is 6.21. The van der Waals surface area contributed by atoms with Crippen LogP contribution in [-0.4, -0.2) is 23.3 Å². The summed E-state index contributed by atoms with van der Waals surface area (Å²) in [6.07, 6.45) is 9.06. The molecule has 0 saturated carbocycles. The van der Waals surface area contributed by atoms with Crippen LogP contribution < -0.4 is 0 Å². The highest BCUT2D eigenvalue weighted by atomic mass is 15.1. The molecule has 14 rings (SSSR count). The first-order valence-electron chi connectivity index (χ1n) is 22.2. The van der Waals surface area contributed by atoms with Crippen LogP contribution in [0.2, 0.25) is 0 Å². The standard InChI is InChI=1S/C59H39N5/c1-4-18-38(19-5-1)39-32-58(63-52-30-16-12-26-44(52)48-34-46-42-24-10-14-28-50(42)61(54(46)36-56(48)63)40-20-6-2-7-21-40)60-59(33-39)64-53-31-17-13-27-45(53)49-35-47-43-25-11-15-29-51(43)62(55(47)37-57(49)64)41-22-8-3-9-23-41/h1-2,4-8,10-37H,3,9H2. The molecule has 13 aromatic rings. The quantitative estimate of drug-likeness (QED) is 0.170. The maximum Gasteiger partial charge on any atom is 0.140 e. The summed E-state index contributed by atoms with van der Waals surface area (Å²) < 4.78 is 9.64. The number of rotatable bonds is 5. The van der Waals surface area contributed by atoms with Gasteiger partial charge in [0.25, 0.3) is 0 Å². The van der Waals surface area contributed by atoms with Gasteiger partial charge in [0, 0.05) is 54.5 Å². The Morgan fingerprint density at radius 1 is 0.312 bits per heavy atom. The third-order valence-corrected chi connectivity index (χ3v) is 13.5. The Balaban J connectivity index is 1.10. The Labute approximate surface area is 368 Å². The largest absolute Gasteiger partial charge is 0.310 e. The van der Waals surface area contributed by atoms with Crippen molar-refractivity contribution in [1.82, 2.24) is 23.3 Å². The molecular formula is C59H39N5. The summed E-state index contributed by atoms with van der Waals surface area (Å²) in [5.74, 6) is 1.73. The lowest BCUT2D eigenvalue weighted by molar-refractivity contribution is 1.01. The van der Waals surface area contributed by atoms with Gasteiger partial charge in [-0.15, -0.1) is 0 Å². The van der Waals surface area contributed by atoms with Crippen LogP contribution in [0.25, 0.3) is 121 Å². The predicted molar refractivity (Wildman–Crippen MR) is 268 cm³/mol. The van der Waals surface area contributed by atoms with Crippen LogP contribution in [-0.2, 0) is 0 Å². The molecule has 5 nitrogen and oxygen atoms in total. The predicted octanol–water partition coefficient (Wildman–Crippen LogP) is 15.3. The lowest BCUT2D eigenvalue weighted by Gasteiger charge is -2.15. The molecule has 0 bridgehead atoms. The van der Waals surface area contributed by atoms with Gasteiger partial charge in [0.2, 0.25) is 0 Å². The lowest BCUT2D eigenvalue weighted by Crippen LogP contribution is -2.04. The van der Waals surface area contributed by atoms with Crippen molar-refractivity contribution >= 4 is 92.9 Å². The van der Waals surface area contributed by atoms with E-state index in [0.717, 1.165) is 68.9 Å². The Morgan fingerprint density at radius 2 is 0.734 bits per heavy atom. The van der Waals surface area contributed by atoms with Crippen LogP contribution >= 0.6 is 0 Å². The molecule has 0 unspecified atom stereocenters. The molecule has 8 aromatic carbocycles. The highest BCUT2D eigenvalue weighted by Crippen LogP contribution is 2.43. The van der Waals surface area contributed by atoms with Crippen molar-refractivity contribution in [3.63, 3.8) is 0 Å². The minimum atomic E-state index is 0.864. The zero-order valence-corrected chi connectivity index (χ0v) is 34.9. The number of nitrogens with zero attached hydrogens (tertiary/aromatic N) is 5. The van der Waals surface area contributed by atoms with Crippen LogP contribution in [0.15, 0.2) is 212 Å².